The van der Waals surface area contributed by atoms with Crippen LogP contribution in [0.4, 0.5) is 0 Å². The van der Waals surface area contributed by atoms with Crippen LogP contribution in [0.3, 0.4) is 0 Å². The topological polar surface area (TPSA) is 12.9 Å². The summed E-state index contributed by atoms with van der Waals surface area (Å²) < 4.78 is 1.41. The zero-order valence-corrected chi connectivity index (χ0v) is 23.5. The van der Waals surface area contributed by atoms with E-state index >= 15 is 0 Å². The van der Waals surface area contributed by atoms with Gasteiger partial charge in [0, 0.05) is 20.9 Å². The van der Waals surface area contributed by atoms with Crippen molar-refractivity contribution in [2.45, 2.75) is 104 Å². The molecular formula is C27H40INSi. The van der Waals surface area contributed by atoms with Crippen LogP contribution in [-0.2, 0) is 0 Å². The lowest BCUT2D eigenvalue weighted by molar-refractivity contribution is 0.803. The summed E-state index contributed by atoms with van der Waals surface area (Å²) in [7, 11) is -1.72. The maximum absolute atomic E-state index is 4.61. The third-order valence-electron chi connectivity index (χ3n) is 5.97. The van der Waals surface area contributed by atoms with E-state index in [1.54, 1.807) is 0 Å². The van der Waals surface area contributed by atoms with Gasteiger partial charge in [0.2, 0.25) is 0 Å². The molecule has 0 saturated heterocycles. The van der Waals surface area contributed by atoms with E-state index < -0.39 is 8.07 Å². The molecule has 0 fully saturated rings. The molecule has 0 N–H and O–H groups in total. The minimum absolute atomic E-state index is 0.633. The summed E-state index contributed by atoms with van der Waals surface area (Å²) in [5.41, 5.74) is 8.77. The molecule has 0 bridgehead atoms. The number of aromatic nitrogens is 1. The summed E-state index contributed by atoms with van der Waals surface area (Å²) in [6.07, 6.45) is 7.65. The number of unbranched alkanes of at least 4 members (excludes halogenated alkanes) is 1. The molecule has 0 unspecified atom stereocenters. The van der Waals surface area contributed by atoms with Gasteiger partial charge < -0.3 is 0 Å². The van der Waals surface area contributed by atoms with Gasteiger partial charge in [0.05, 0.1) is 0 Å². The predicted octanol–water partition coefficient (Wildman–Crippen LogP) is 8.68. The normalized spacial score (nSPS) is 12.4. The molecule has 0 atom stereocenters. The highest BCUT2D eigenvalue weighted by atomic mass is 127. The monoisotopic (exact) mass is 533 g/mol. The fourth-order valence-electron chi connectivity index (χ4n) is 4.29. The van der Waals surface area contributed by atoms with Gasteiger partial charge in [0.1, 0.15) is 13.8 Å². The van der Waals surface area contributed by atoms with Gasteiger partial charge in [-0.3, -0.25) is 0 Å². The van der Waals surface area contributed by atoms with E-state index in [4.69, 9.17) is 0 Å². The molecule has 3 heteroatoms. The second-order valence-electron chi connectivity index (χ2n) is 9.07. The average Bonchev–Trinajstić information content (AvgIpc) is 2.69. The highest BCUT2D eigenvalue weighted by Gasteiger charge is 2.41. The lowest BCUT2D eigenvalue weighted by Gasteiger charge is -2.38. The molecule has 0 saturated carbocycles. The first-order chi connectivity index (χ1) is 14.2. The van der Waals surface area contributed by atoms with Crippen molar-refractivity contribution in [3.63, 3.8) is 0 Å². The van der Waals surface area contributed by atoms with Crippen molar-refractivity contribution in [2.24, 2.45) is 0 Å². The zero-order chi connectivity index (χ0) is 22.7. The molecule has 1 heterocycles. The summed E-state index contributed by atoms with van der Waals surface area (Å²) in [4.78, 5) is 4.61. The molecule has 0 aromatic carbocycles. The van der Waals surface area contributed by atoms with Crippen LogP contribution in [0.1, 0.15) is 98.8 Å². The minimum atomic E-state index is -1.72. The van der Waals surface area contributed by atoms with Crippen LogP contribution in [0.2, 0.25) is 16.6 Å². The van der Waals surface area contributed by atoms with E-state index in [0.29, 0.717) is 16.6 Å². The van der Waals surface area contributed by atoms with Crippen molar-refractivity contribution in [1.29, 1.82) is 0 Å². The van der Waals surface area contributed by atoms with E-state index in [-0.39, 0.29) is 0 Å². The maximum Gasteiger partial charge on any atom is 0.146 e. The molecule has 0 aliphatic carbocycles. The zero-order valence-electron chi connectivity index (χ0n) is 20.3. The second kappa shape index (κ2) is 13.4. The van der Waals surface area contributed by atoms with Gasteiger partial charge in [-0.2, -0.15) is 0 Å². The SMILES string of the molecule is CCCC/C(I)=C(\C#Cc1ccc(C#C[Si](C(C)C)(C(C)C)C(C)C)nc1)CCC. The molecule has 30 heavy (non-hydrogen) atoms. The molecule has 0 aliphatic heterocycles. The number of pyridine rings is 1. The van der Waals surface area contributed by atoms with Gasteiger partial charge >= 0.3 is 0 Å². The Labute approximate surface area is 201 Å². The van der Waals surface area contributed by atoms with Crippen LogP contribution >= 0.6 is 22.6 Å². The Balaban J connectivity index is 3.12. The second-order valence-corrected chi connectivity index (χ2v) is 15.9. The first-order valence-electron chi connectivity index (χ1n) is 11.6. The van der Waals surface area contributed by atoms with Crippen LogP contribution < -0.4 is 0 Å². The minimum Gasteiger partial charge on any atom is -0.247 e. The Kier molecular flexibility index (Phi) is 12.0. The third kappa shape index (κ3) is 7.58. The number of hydrogen-bond donors (Lipinski definition) is 0. The Hall–Kier alpha value is -1.04. The number of rotatable bonds is 8. The molecule has 1 rings (SSSR count). The van der Waals surface area contributed by atoms with E-state index in [2.05, 4.69) is 112 Å². The highest BCUT2D eigenvalue weighted by Crippen LogP contribution is 2.40. The highest BCUT2D eigenvalue weighted by molar-refractivity contribution is 14.1. The third-order valence-corrected chi connectivity index (χ3v) is 13.5. The van der Waals surface area contributed by atoms with Gasteiger partial charge in [0.25, 0.3) is 0 Å². The molecular weight excluding hydrogens is 493 g/mol. The van der Waals surface area contributed by atoms with Gasteiger partial charge in [-0.1, -0.05) is 86.0 Å². The molecule has 0 radical (unpaired) electrons. The van der Waals surface area contributed by atoms with Crippen molar-refractivity contribution in [1.82, 2.24) is 4.98 Å². The molecule has 0 amide bonds. The van der Waals surface area contributed by atoms with Crippen LogP contribution in [0.15, 0.2) is 27.5 Å². The Morgan fingerprint density at radius 3 is 2.03 bits per heavy atom. The van der Waals surface area contributed by atoms with Crippen molar-refractivity contribution >= 4 is 30.7 Å². The van der Waals surface area contributed by atoms with E-state index in [1.807, 2.05) is 12.3 Å². The van der Waals surface area contributed by atoms with E-state index in [9.17, 15) is 0 Å². The summed E-state index contributed by atoms with van der Waals surface area (Å²) in [5, 5.41) is 0. The first kappa shape index (κ1) is 27.0. The number of hydrogen-bond acceptors (Lipinski definition) is 1. The van der Waals surface area contributed by atoms with Crippen LogP contribution in [0.5, 0.6) is 0 Å². The molecule has 164 valence electrons. The van der Waals surface area contributed by atoms with Crippen LogP contribution in [-0.4, -0.2) is 13.1 Å². The predicted molar refractivity (Wildman–Crippen MR) is 145 cm³/mol. The standard InChI is InChI=1S/C27H40INSi/c1-9-11-13-27(28)25(12-10-2)16-14-24-15-17-26(29-20-24)18-19-30(21(3)4,22(5)6)23(7)8/h15,17,20-23H,9-13H2,1-8H3/b27-25+. The van der Waals surface area contributed by atoms with Crippen molar-refractivity contribution in [3.05, 3.63) is 38.7 Å². The van der Waals surface area contributed by atoms with Gasteiger partial charge in [-0.25, -0.2) is 4.98 Å². The van der Waals surface area contributed by atoms with E-state index in [0.717, 1.165) is 30.5 Å². The lowest BCUT2D eigenvalue weighted by Crippen LogP contribution is -2.43. The maximum atomic E-state index is 4.61. The number of nitrogens with zero attached hydrogens (tertiary/aromatic N) is 1. The number of halogens is 1. The largest absolute Gasteiger partial charge is 0.247 e. The van der Waals surface area contributed by atoms with Gasteiger partial charge in [0.15, 0.2) is 0 Å². The van der Waals surface area contributed by atoms with Gasteiger partial charge in [-0.05, 0) is 70.6 Å². The Morgan fingerprint density at radius 2 is 1.57 bits per heavy atom. The van der Waals surface area contributed by atoms with Crippen molar-refractivity contribution in [3.8, 4) is 23.3 Å². The Bertz CT molecular complexity index is 789. The summed E-state index contributed by atoms with van der Waals surface area (Å²) in [6, 6.07) is 4.10. The smallest absolute Gasteiger partial charge is 0.146 e. The average molecular weight is 534 g/mol. The van der Waals surface area contributed by atoms with E-state index in [1.165, 1.54) is 22.0 Å². The fraction of sp³-hybridized carbons (Fsp3) is 0.593. The summed E-state index contributed by atoms with van der Waals surface area (Å²) >= 11 is 2.48. The molecule has 0 aliphatic rings. The lowest BCUT2D eigenvalue weighted by atomic mass is 10.1. The van der Waals surface area contributed by atoms with Crippen LogP contribution in [0, 0.1) is 23.3 Å². The molecule has 1 nitrogen and oxygen atoms in total. The van der Waals surface area contributed by atoms with Crippen LogP contribution in [0.25, 0.3) is 0 Å². The quantitative estimate of drug-likeness (QED) is 0.185. The fourth-order valence-corrected chi connectivity index (χ4v) is 10.3. The number of allylic oxidation sites excluding steroid dienone is 2. The summed E-state index contributed by atoms with van der Waals surface area (Å²) in [6.45, 7) is 18.5. The summed E-state index contributed by atoms with van der Waals surface area (Å²) in [5.74, 6) is 10.2. The van der Waals surface area contributed by atoms with Gasteiger partial charge in [-0.15, -0.1) is 5.54 Å². The molecule has 1 aromatic heterocycles. The Morgan fingerprint density at radius 1 is 0.933 bits per heavy atom. The van der Waals surface area contributed by atoms with Crippen molar-refractivity contribution < 1.29 is 0 Å². The molecule has 1 aromatic rings. The molecule has 0 spiro atoms. The first-order valence-corrected chi connectivity index (χ1v) is 14.9. The van der Waals surface area contributed by atoms with Crippen molar-refractivity contribution in [2.75, 3.05) is 0 Å².